The van der Waals surface area contributed by atoms with Crippen molar-refractivity contribution in [1.82, 2.24) is 0 Å². The van der Waals surface area contributed by atoms with Gasteiger partial charge >= 0.3 is 0 Å². The maximum atomic E-state index is 11.1. The van der Waals surface area contributed by atoms with Crippen molar-refractivity contribution < 1.29 is 9.85 Å². The Bertz CT molecular complexity index is 686. The van der Waals surface area contributed by atoms with Crippen molar-refractivity contribution in [3.05, 3.63) is 73.8 Å². The summed E-state index contributed by atoms with van der Waals surface area (Å²) in [5.41, 5.74) is 1.05. The SMILES string of the molecule is Cc1cc(NCc2ccccc2)c([N+](=O)[O-])cc1[N+](=O)[O-]. The van der Waals surface area contributed by atoms with E-state index in [1.807, 2.05) is 30.3 Å². The molecule has 0 bridgehead atoms. The standard InChI is InChI=1S/C14H13N3O4/c1-10-7-12(15-9-11-5-3-2-4-6-11)14(17(20)21)8-13(10)16(18)19/h2-8,15H,9H2,1H3. The molecule has 21 heavy (non-hydrogen) atoms. The minimum atomic E-state index is -0.625. The van der Waals surface area contributed by atoms with E-state index in [1.165, 1.54) is 6.07 Å². The van der Waals surface area contributed by atoms with Crippen LogP contribution in [0.1, 0.15) is 11.1 Å². The van der Waals surface area contributed by atoms with Gasteiger partial charge in [0.25, 0.3) is 11.4 Å². The van der Waals surface area contributed by atoms with Gasteiger partial charge in [0, 0.05) is 12.1 Å². The van der Waals surface area contributed by atoms with Crippen LogP contribution in [0.25, 0.3) is 0 Å². The predicted molar refractivity (Wildman–Crippen MR) is 78.3 cm³/mol. The van der Waals surface area contributed by atoms with Gasteiger partial charge < -0.3 is 5.32 Å². The molecule has 0 saturated heterocycles. The Labute approximate surface area is 120 Å². The van der Waals surface area contributed by atoms with Crippen molar-refractivity contribution in [1.29, 1.82) is 0 Å². The van der Waals surface area contributed by atoms with Crippen LogP contribution in [0, 0.1) is 27.2 Å². The van der Waals surface area contributed by atoms with E-state index in [0.717, 1.165) is 11.6 Å². The Balaban J connectivity index is 2.32. The zero-order chi connectivity index (χ0) is 15.4. The first kappa shape index (κ1) is 14.4. The van der Waals surface area contributed by atoms with Crippen LogP contribution >= 0.6 is 0 Å². The molecular formula is C14H13N3O4. The second-order valence-corrected chi connectivity index (χ2v) is 4.51. The Hall–Kier alpha value is -2.96. The van der Waals surface area contributed by atoms with Crippen LogP contribution in [0.3, 0.4) is 0 Å². The molecule has 0 atom stereocenters. The van der Waals surface area contributed by atoms with E-state index in [9.17, 15) is 20.2 Å². The number of nitrogens with zero attached hydrogens (tertiary/aromatic N) is 2. The highest BCUT2D eigenvalue weighted by Crippen LogP contribution is 2.32. The molecule has 0 heterocycles. The number of hydrogen-bond donors (Lipinski definition) is 1. The van der Waals surface area contributed by atoms with Crippen LogP contribution in [0.15, 0.2) is 42.5 Å². The van der Waals surface area contributed by atoms with Crippen LogP contribution < -0.4 is 5.32 Å². The Morgan fingerprint density at radius 2 is 1.62 bits per heavy atom. The molecule has 0 amide bonds. The van der Waals surface area contributed by atoms with Crippen molar-refractivity contribution in [3.63, 3.8) is 0 Å². The minimum Gasteiger partial charge on any atom is -0.375 e. The third-order valence-electron chi connectivity index (χ3n) is 3.03. The van der Waals surface area contributed by atoms with Crippen LogP contribution in [-0.4, -0.2) is 9.85 Å². The summed E-state index contributed by atoms with van der Waals surface area (Å²) in [5, 5.41) is 24.9. The highest BCUT2D eigenvalue weighted by Gasteiger charge is 2.22. The van der Waals surface area contributed by atoms with Gasteiger partial charge in [-0.25, -0.2) is 0 Å². The zero-order valence-electron chi connectivity index (χ0n) is 11.3. The number of benzene rings is 2. The fraction of sp³-hybridized carbons (Fsp3) is 0.143. The molecule has 2 rings (SSSR count). The van der Waals surface area contributed by atoms with E-state index >= 15 is 0 Å². The van der Waals surface area contributed by atoms with E-state index in [2.05, 4.69) is 5.32 Å². The zero-order valence-corrected chi connectivity index (χ0v) is 11.3. The number of nitrogens with one attached hydrogen (secondary N) is 1. The van der Waals surface area contributed by atoms with Crippen LogP contribution in [0.4, 0.5) is 17.1 Å². The Kier molecular flexibility index (Phi) is 4.13. The van der Waals surface area contributed by atoms with Crippen molar-refractivity contribution in [3.8, 4) is 0 Å². The van der Waals surface area contributed by atoms with Gasteiger partial charge in [-0.15, -0.1) is 0 Å². The Morgan fingerprint density at radius 1 is 1.00 bits per heavy atom. The van der Waals surface area contributed by atoms with Gasteiger partial charge in [-0.3, -0.25) is 20.2 Å². The van der Waals surface area contributed by atoms with Gasteiger partial charge in [0.05, 0.1) is 15.9 Å². The van der Waals surface area contributed by atoms with Crippen LogP contribution in [0.5, 0.6) is 0 Å². The molecular weight excluding hydrogens is 274 g/mol. The normalized spacial score (nSPS) is 10.1. The number of aryl methyl sites for hydroxylation is 1. The van der Waals surface area contributed by atoms with E-state index < -0.39 is 9.85 Å². The third kappa shape index (κ3) is 3.33. The maximum absolute atomic E-state index is 11.1. The van der Waals surface area contributed by atoms with E-state index in [-0.39, 0.29) is 17.1 Å². The number of nitro benzene ring substituents is 2. The predicted octanol–water partition coefficient (Wildman–Crippen LogP) is 3.42. The van der Waals surface area contributed by atoms with Gasteiger partial charge in [-0.2, -0.15) is 0 Å². The van der Waals surface area contributed by atoms with Gasteiger partial charge in [0.2, 0.25) is 0 Å². The van der Waals surface area contributed by atoms with E-state index in [1.54, 1.807) is 6.92 Å². The molecule has 2 aromatic rings. The molecule has 108 valence electrons. The molecule has 0 spiro atoms. The number of rotatable bonds is 5. The summed E-state index contributed by atoms with van der Waals surface area (Å²) >= 11 is 0. The van der Waals surface area contributed by atoms with Crippen LogP contribution in [0.2, 0.25) is 0 Å². The second kappa shape index (κ2) is 6.00. The fourth-order valence-corrected chi connectivity index (χ4v) is 1.97. The summed E-state index contributed by atoms with van der Waals surface area (Å²) in [6.07, 6.45) is 0. The second-order valence-electron chi connectivity index (χ2n) is 4.51. The average Bonchev–Trinajstić information content (AvgIpc) is 2.45. The molecule has 2 aromatic carbocycles. The first-order valence-corrected chi connectivity index (χ1v) is 6.20. The summed E-state index contributed by atoms with van der Waals surface area (Å²) in [7, 11) is 0. The summed E-state index contributed by atoms with van der Waals surface area (Å²) in [4.78, 5) is 20.7. The van der Waals surface area contributed by atoms with E-state index in [4.69, 9.17) is 0 Å². The van der Waals surface area contributed by atoms with Crippen molar-refractivity contribution in [2.75, 3.05) is 5.32 Å². The smallest absolute Gasteiger partial charge is 0.299 e. The highest BCUT2D eigenvalue weighted by atomic mass is 16.6. The topological polar surface area (TPSA) is 98.3 Å². The fourth-order valence-electron chi connectivity index (χ4n) is 1.97. The van der Waals surface area contributed by atoms with Crippen molar-refractivity contribution in [2.24, 2.45) is 0 Å². The van der Waals surface area contributed by atoms with E-state index in [0.29, 0.717) is 12.1 Å². The lowest BCUT2D eigenvalue weighted by atomic mass is 10.1. The van der Waals surface area contributed by atoms with Gasteiger partial charge in [-0.1, -0.05) is 30.3 Å². The van der Waals surface area contributed by atoms with Crippen LogP contribution in [-0.2, 0) is 6.54 Å². The molecule has 0 aliphatic heterocycles. The molecule has 0 aliphatic rings. The molecule has 0 aromatic heterocycles. The molecule has 0 saturated carbocycles. The molecule has 7 nitrogen and oxygen atoms in total. The molecule has 0 fully saturated rings. The summed E-state index contributed by atoms with van der Waals surface area (Å²) in [5.74, 6) is 0. The summed E-state index contributed by atoms with van der Waals surface area (Å²) in [6.45, 7) is 1.95. The number of nitro groups is 2. The highest BCUT2D eigenvalue weighted by molar-refractivity contribution is 5.68. The van der Waals surface area contributed by atoms with Crippen molar-refractivity contribution >= 4 is 17.1 Å². The average molecular weight is 287 g/mol. The molecule has 0 aliphatic carbocycles. The van der Waals surface area contributed by atoms with Crippen molar-refractivity contribution in [2.45, 2.75) is 13.5 Å². The lowest BCUT2D eigenvalue weighted by Gasteiger charge is -2.08. The quantitative estimate of drug-likeness (QED) is 0.671. The monoisotopic (exact) mass is 287 g/mol. The number of hydrogen-bond acceptors (Lipinski definition) is 5. The minimum absolute atomic E-state index is 0.257. The molecule has 0 radical (unpaired) electrons. The van der Waals surface area contributed by atoms with Gasteiger partial charge in [0.15, 0.2) is 0 Å². The molecule has 1 N–H and O–H groups in total. The maximum Gasteiger partial charge on any atom is 0.299 e. The lowest BCUT2D eigenvalue weighted by Crippen LogP contribution is -2.04. The first-order valence-electron chi connectivity index (χ1n) is 6.20. The van der Waals surface area contributed by atoms with Gasteiger partial charge in [-0.05, 0) is 18.6 Å². The largest absolute Gasteiger partial charge is 0.375 e. The Morgan fingerprint density at radius 3 is 2.19 bits per heavy atom. The lowest BCUT2D eigenvalue weighted by molar-refractivity contribution is -0.394. The third-order valence-corrected chi connectivity index (χ3v) is 3.03. The van der Waals surface area contributed by atoms with Gasteiger partial charge in [0.1, 0.15) is 5.69 Å². The number of anilines is 1. The summed E-state index contributed by atoms with van der Waals surface area (Å²) < 4.78 is 0. The first-order chi connectivity index (χ1) is 9.99. The molecule has 0 unspecified atom stereocenters. The summed E-state index contributed by atoms with van der Waals surface area (Å²) in [6, 6.07) is 11.8. The molecule has 7 heteroatoms.